The van der Waals surface area contributed by atoms with Crippen molar-refractivity contribution in [3.8, 4) is 0 Å². The van der Waals surface area contributed by atoms with Crippen molar-refractivity contribution in [1.82, 2.24) is 0 Å². The molecule has 0 heterocycles. The van der Waals surface area contributed by atoms with Crippen LogP contribution in [0.4, 0.5) is 0 Å². The van der Waals surface area contributed by atoms with E-state index in [1.54, 1.807) is 0 Å². The Morgan fingerprint density at radius 2 is 1.18 bits per heavy atom. The Balaban J connectivity index is 0. The number of hydrogen-bond acceptors (Lipinski definition) is 2. The van der Waals surface area contributed by atoms with Gasteiger partial charge >= 0.3 is 39.6 Å². The zero-order valence-corrected chi connectivity index (χ0v) is 15.5. The van der Waals surface area contributed by atoms with E-state index >= 15 is 0 Å². The molecule has 0 N–H and O–H groups in total. The molecule has 0 radical (unpaired) electrons. The molecule has 2 nitrogen and oxygen atoms in total. The molecule has 0 aromatic heterocycles. The van der Waals surface area contributed by atoms with Gasteiger partial charge in [0.05, 0.1) is 11.4 Å². The van der Waals surface area contributed by atoms with Crippen LogP contribution in [-0.2, 0) is 11.3 Å². The molecule has 5 heteroatoms. The predicted octanol–water partition coefficient (Wildman–Crippen LogP) is 5.20. The molecular weight excluding hydrogens is 388 g/mol. The van der Waals surface area contributed by atoms with Crippen LogP contribution in [0, 0.1) is 0 Å². The van der Waals surface area contributed by atoms with Gasteiger partial charge in [-0.05, 0) is 26.7 Å². The number of hydrogen-bond donors (Lipinski definition) is 0. The molecule has 0 amide bonds. The zero-order chi connectivity index (χ0) is 13.5. The van der Waals surface area contributed by atoms with Crippen molar-refractivity contribution in [2.75, 3.05) is 13.1 Å². The summed E-state index contributed by atoms with van der Waals surface area (Å²) in [5, 5.41) is 0. The van der Waals surface area contributed by atoms with E-state index < -0.39 is 0 Å². The summed E-state index contributed by atoms with van der Waals surface area (Å²) in [6.45, 7) is 10.4. The Labute approximate surface area is 127 Å². The number of rotatable bonds is 7. The topological polar surface area (TPSA) is 24.7 Å². The van der Waals surface area contributed by atoms with Gasteiger partial charge in [0.15, 0.2) is 0 Å². The fourth-order valence-electron chi connectivity index (χ4n) is 1.04. The summed E-state index contributed by atoms with van der Waals surface area (Å²) in [6, 6.07) is 0. The monoisotopic (exact) mass is 410 g/mol. The normalized spacial score (nSPS) is 12.4. The van der Waals surface area contributed by atoms with Gasteiger partial charge in [0, 0.05) is 13.1 Å². The standard InChI is InChI=1S/C12H24N2.2BrH.Fe/c1-5-7-9-13-11(3)12(4)14-10-8-6-2;;;/h5-10H2,1-4H3;2*1H;/q;;;+2/p-2. The van der Waals surface area contributed by atoms with Gasteiger partial charge < -0.3 is 0 Å². The predicted molar refractivity (Wildman–Crippen MR) is 83.6 cm³/mol. The van der Waals surface area contributed by atoms with E-state index in [2.05, 4.69) is 65.9 Å². The van der Waals surface area contributed by atoms with Crippen molar-refractivity contribution in [2.45, 2.75) is 53.4 Å². The first-order chi connectivity index (χ1) is 8.13. The van der Waals surface area contributed by atoms with E-state index in [-0.39, 0.29) is 0 Å². The fourth-order valence-corrected chi connectivity index (χ4v) is 1.04. The quantitative estimate of drug-likeness (QED) is 0.312. The maximum atomic E-state index is 4.48. The van der Waals surface area contributed by atoms with Crippen molar-refractivity contribution >= 4 is 39.6 Å². The van der Waals surface area contributed by atoms with Crippen LogP contribution in [0.15, 0.2) is 9.98 Å². The van der Waals surface area contributed by atoms with Crippen molar-refractivity contribution in [1.29, 1.82) is 0 Å². The third-order valence-corrected chi connectivity index (χ3v) is 2.24. The Morgan fingerprint density at radius 1 is 0.882 bits per heavy atom. The summed E-state index contributed by atoms with van der Waals surface area (Å²) >= 11 is 7.00. The number of aliphatic imine (C=N–C) groups is 2. The van der Waals surface area contributed by atoms with Crippen LogP contribution in [0.2, 0.25) is 0 Å². The minimum atomic E-state index is 0.875. The van der Waals surface area contributed by atoms with Crippen LogP contribution in [0.3, 0.4) is 0 Å². The molecule has 0 unspecified atom stereocenters. The van der Waals surface area contributed by atoms with Crippen molar-refractivity contribution < 1.29 is 11.3 Å². The first-order valence-corrected chi connectivity index (χ1v) is 11.5. The van der Waals surface area contributed by atoms with E-state index in [9.17, 15) is 0 Å². The van der Waals surface area contributed by atoms with Crippen LogP contribution in [-0.4, -0.2) is 24.5 Å². The van der Waals surface area contributed by atoms with Gasteiger partial charge in [0.25, 0.3) is 0 Å². The second kappa shape index (κ2) is 16.8. The van der Waals surface area contributed by atoms with Gasteiger partial charge in [-0.25, -0.2) is 0 Å². The zero-order valence-electron chi connectivity index (χ0n) is 11.2. The van der Waals surface area contributed by atoms with E-state index in [0.29, 0.717) is 0 Å². The Bertz CT molecular complexity index is 197. The van der Waals surface area contributed by atoms with Crippen molar-refractivity contribution in [3.63, 3.8) is 0 Å². The van der Waals surface area contributed by atoms with Crippen LogP contribution in [0.1, 0.15) is 53.4 Å². The molecule has 0 saturated carbocycles. The molecule has 0 saturated heterocycles. The summed E-state index contributed by atoms with van der Waals surface area (Å²) in [6.07, 6.45) is 4.78. The van der Waals surface area contributed by atoms with Crippen LogP contribution >= 0.6 is 28.2 Å². The molecular formula is C12H24Br2FeN2. The average Bonchev–Trinajstić information content (AvgIpc) is 2.30. The summed E-state index contributed by atoms with van der Waals surface area (Å²) < 4.78 is 0. The molecule has 17 heavy (non-hydrogen) atoms. The van der Waals surface area contributed by atoms with Crippen LogP contribution in [0.5, 0.6) is 0 Å². The molecule has 0 aliphatic carbocycles. The molecule has 0 spiro atoms. The molecule has 0 aliphatic rings. The Hall–Kier alpha value is 0.819. The number of nitrogens with zero attached hydrogens (tertiary/aromatic N) is 2. The third kappa shape index (κ3) is 16.8. The van der Waals surface area contributed by atoms with E-state index in [0.717, 1.165) is 35.9 Å². The van der Waals surface area contributed by atoms with Gasteiger partial charge in [-0.2, -0.15) is 0 Å². The minimum absolute atomic E-state index is 0.875. The molecule has 0 fully saturated rings. The van der Waals surface area contributed by atoms with E-state index in [1.807, 2.05) is 0 Å². The van der Waals surface area contributed by atoms with E-state index in [1.165, 1.54) is 25.7 Å². The third-order valence-electron chi connectivity index (χ3n) is 2.24. The molecule has 0 aliphatic heterocycles. The summed E-state index contributed by atoms with van der Waals surface area (Å²) in [4.78, 5) is 8.96. The molecule has 0 aromatic rings. The second-order valence-electron chi connectivity index (χ2n) is 3.69. The van der Waals surface area contributed by atoms with Gasteiger partial charge in [0.2, 0.25) is 0 Å². The maximum absolute atomic E-state index is 4.48. The van der Waals surface area contributed by atoms with Gasteiger partial charge in [-0.1, -0.05) is 26.7 Å². The van der Waals surface area contributed by atoms with Gasteiger partial charge in [-0.3, -0.25) is 9.98 Å². The number of halogens is 2. The van der Waals surface area contributed by atoms with Crippen LogP contribution < -0.4 is 0 Å². The molecule has 0 rings (SSSR count). The summed E-state index contributed by atoms with van der Waals surface area (Å²) in [5.41, 5.74) is 2.21. The van der Waals surface area contributed by atoms with Crippen molar-refractivity contribution in [3.05, 3.63) is 0 Å². The first kappa shape index (κ1) is 20.1. The molecule has 0 aromatic carbocycles. The second-order valence-corrected chi connectivity index (χ2v) is 9.26. The molecule has 104 valence electrons. The van der Waals surface area contributed by atoms with Gasteiger partial charge in [0.1, 0.15) is 0 Å². The van der Waals surface area contributed by atoms with Crippen LogP contribution in [0.25, 0.3) is 0 Å². The fraction of sp³-hybridized carbons (Fsp3) is 0.833. The van der Waals surface area contributed by atoms with E-state index in [4.69, 9.17) is 0 Å². The summed E-state index contributed by atoms with van der Waals surface area (Å²) in [5.74, 6) is 0. The average molecular weight is 412 g/mol. The molecule has 0 atom stereocenters. The Kier molecular flexibility index (Phi) is 19.9. The Morgan fingerprint density at radius 3 is 1.41 bits per heavy atom. The number of unbranched alkanes of at least 4 members (excludes halogenated alkanes) is 2. The van der Waals surface area contributed by atoms with Crippen molar-refractivity contribution in [2.24, 2.45) is 9.98 Å². The SMILES string of the molecule is CCCCN=C(C)C(C)=NCCCC.[Br][Fe][Br]. The molecule has 0 bridgehead atoms. The van der Waals surface area contributed by atoms with Gasteiger partial charge in [-0.15, -0.1) is 0 Å². The summed E-state index contributed by atoms with van der Waals surface area (Å²) in [7, 11) is 0. The first-order valence-electron chi connectivity index (χ1n) is 6.01.